The van der Waals surface area contributed by atoms with Crippen LogP contribution in [0.5, 0.6) is 0 Å². The van der Waals surface area contributed by atoms with Gasteiger partial charge in [0.15, 0.2) is 0 Å². The van der Waals surface area contributed by atoms with Crippen molar-refractivity contribution in [1.82, 2.24) is 15.5 Å². The number of hydrogen-bond donors (Lipinski definition) is 2. The van der Waals surface area contributed by atoms with E-state index in [2.05, 4.69) is 17.6 Å². The van der Waals surface area contributed by atoms with Crippen LogP contribution in [0.3, 0.4) is 0 Å². The van der Waals surface area contributed by atoms with Crippen LogP contribution in [0.2, 0.25) is 0 Å². The third-order valence-corrected chi connectivity index (χ3v) is 4.37. The monoisotopic (exact) mass is 267 g/mol. The molecule has 5 nitrogen and oxygen atoms in total. The topological polar surface area (TPSA) is 61.4 Å². The van der Waals surface area contributed by atoms with Gasteiger partial charge in [-0.1, -0.05) is 6.92 Å². The van der Waals surface area contributed by atoms with Gasteiger partial charge in [0, 0.05) is 26.1 Å². The van der Waals surface area contributed by atoms with Gasteiger partial charge < -0.3 is 15.5 Å². The summed E-state index contributed by atoms with van der Waals surface area (Å²) in [5, 5.41) is 6.33. The number of carbonyl (C=O) groups is 2. The highest BCUT2D eigenvalue weighted by Gasteiger charge is 2.42. The van der Waals surface area contributed by atoms with Gasteiger partial charge in [0.25, 0.3) is 0 Å². The summed E-state index contributed by atoms with van der Waals surface area (Å²) in [6, 6.07) is 0.116. The zero-order valence-electron chi connectivity index (χ0n) is 12.0. The van der Waals surface area contributed by atoms with Crippen molar-refractivity contribution in [2.24, 2.45) is 0 Å². The fourth-order valence-corrected chi connectivity index (χ4v) is 3.31. The number of likely N-dealkylation sites (tertiary alicyclic amines) is 1. The highest BCUT2D eigenvalue weighted by atomic mass is 16.2. The number of hydrogen-bond acceptors (Lipinski definition) is 3. The van der Waals surface area contributed by atoms with Crippen molar-refractivity contribution in [2.75, 3.05) is 19.6 Å². The number of rotatable bonds is 3. The molecular weight excluding hydrogens is 242 g/mol. The van der Waals surface area contributed by atoms with E-state index < -0.39 is 0 Å². The highest BCUT2D eigenvalue weighted by Crippen LogP contribution is 2.26. The molecule has 5 heteroatoms. The van der Waals surface area contributed by atoms with Crippen LogP contribution in [0, 0.1) is 0 Å². The fraction of sp³-hybridized carbons (Fsp3) is 0.857. The molecule has 0 aromatic rings. The van der Waals surface area contributed by atoms with E-state index in [-0.39, 0.29) is 23.4 Å². The van der Waals surface area contributed by atoms with E-state index in [1.807, 2.05) is 4.90 Å². The Hall–Kier alpha value is -1.10. The second-order valence-corrected chi connectivity index (χ2v) is 5.76. The third-order valence-electron chi connectivity index (χ3n) is 4.37. The Kier molecular flexibility index (Phi) is 4.45. The summed E-state index contributed by atoms with van der Waals surface area (Å²) in [5.41, 5.74) is -0.349. The van der Waals surface area contributed by atoms with Crippen molar-refractivity contribution in [2.45, 2.75) is 57.5 Å². The summed E-state index contributed by atoms with van der Waals surface area (Å²) < 4.78 is 0. The minimum atomic E-state index is -0.349. The van der Waals surface area contributed by atoms with Crippen LogP contribution in [0.1, 0.15) is 46.0 Å². The number of nitrogens with zero attached hydrogens (tertiary/aromatic N) is 1. The zero-order chi connectivity index (χ0) is 13.9. The standard InChI is InChI=1S/C14H25N3O2/c1-3-14(7-5-8-15-14)13(19)17-9-4-6-12(10-17)16-11(2)18/h12,15H,3-10H2,1-2H3,(H,16,18). The van der Waals surface area contributed by atoms with Gasteiger partial charge in [-0.05, 0) is 38.6 Å². The molecule has 2 amide bonds. The molecule has 0 bridgehead atoms. The quantitative estimate of drug-likeness (QED) is 0.789. The molecule has 2 saturated heterocycles. The number of amides is 2. The van der Waals surface area contributed by atoms with Crippen molar-refractivity contribution in [3.05, 3.63) is 0 Å². The lowest BCUT2D eigenvalue weighted by Gasteiger charge is -2.39. The van der Waals surface area contributed by atoms with Gasteiger partial charge in [0.1, 0.15) is 0 Å². The van der Waals surface area contributed by atoms with Crippen LogP contribution in [-0.2, 0) is 9.59 Å². The van der Waals surface area contributed by atoms with Crippen molar-refractivity contribution in [3.8, 4) is 0 Å². The second-order valence-electron chi connectivity index (χ2n) is 5.76. The van der Waals surface area contributed by atoms with E-state index in [4.69, 9.17) is 0 Å². The maximum absolute atomic E-state index is 12.7. The van der Waals surface area contributed by atoms with E-state index in [0.717, 1.165) is 45.2 Å². The molecule has 0 aromatic heterocycles. The molecule has 108 valence electrons. The van der Waals surface area contributed by atoms with Crippen LogP contribution in [0.15, 0.2) is 0 Å². The number of piperidine rings is 1. The molecule has 2 aliphatic rings. The summed E-state index contributed by atoms with van der Waals surface area (Å²) in [5.74, 6) is 0.214. The van der Waals surface area contributed by atoms with Crippen molar-refractivity contribution in [3.63, 3.8) is 0 Å². The summed E-state index contributed by atoms with van der Waals surface area (Å²) in [6.07, 6.45) is 4.78. The van der Waals surface area contributed by atoms with Crippen LogP contribution < -0.4 is 10.6 Å². The van der Waals surface area contributed by atoms with Gasteiger partial charge in [-0.15, -0.1) is 0 Å². The smallest absolute Gasteiger partial charge is 0.242 e. The maximum Gasteiger partial charge on any atom is 0.242 e. The Labute approximate surface area is 115 Å². The van der Waals surface area contributed by atoms with Crippen LogP contribution in [0.4, 0.5) is 0 Å². The van der Waals surface area contributed by atoms with Gasteiger partial charge in [0.2, 0.25) is 11.8 Å². The molecule has 2 unspecified atom stereocenters. The fourth-order valence-electron chi connectivity index (χ4n) is 3.31. The molecule has 2 fully saturated rings. The van der Waals surface area contributed by atoms with Gasteiger partial charge in [-0.2, -0.15) is 0 Å². The molecule has 19 heavy (non-hydrogen) atoms. The summed E-state index contributed by atoms with van der Waals surface area (Å²) in [7, 11) is 0. The van der Waals surface area contributed by atoms with E-state index >= 15 is 0 Å². The van der Waals surface area contributed by atoms with Crippen molar-refractivity contribution < 1.29 is 9.59 Å². The summed E-state index contributed by atoms with van der Waals surface area (Å²) in [6.45, 7) is 6.01. The van der Waals surface area contributed by atoms with E-state index in [9.17, 15) is 9.59 Å². The average Bonchev–Trinajstić information content (AvgIpc) is 2.87. The normalized spacial score (nSPS) is 31.3. The first-order valence-corrected chi connectivity index (χ1v) is 7.39. The number of carbonyl (C=O) groups excluding carboxylic acids is 2. The lowest BCUT2D eigenvalue weighted by atomic mass is 9.91. The molecule has 0 saturated carbocycles. The largest absolute Gasteiger partial charge is 0.352 e. The molecule has 0 aliphatic carbocycles. The minimum absolute atomic E-state index is 0.0107. The lowest BCUT2D eigenvalue weighted by Crippen LogP contribution is -2.58. The van der Waals surface area contributed by atoms with Crippen molar-refractivity contribution in [1.29, 1.82) is 0 Å². The van der Waals surface area contributed by atoms with Crippen LogP contribution >= 0.6 is 0 Å². The maximum atomic E-state index is 12.7. The SMILES string of the molecule is CCC1(C(=O)N2CCCC(NC(C)=O)C2)CCCN1. The van der Waals surface area contributed by atoms with E-state index in [0.29, 0.717) is 6.54 Å². The lowest BCUT2D eigenvalue weighted by molar-refractivity contribution is -0.140. The Bertz CT molecular complexity index is 351. The van der Waals surface area contributed by atoms with Gasteiger partial charge in [0.05, 0.1) is 5.54 Å². The molecule has 0 spiro atoms. The highest BCUT2D eigenvalue weighted by molar-refractivity contribution is 5.87. The Morgan fingerprint density at radius 3 is 2.79 bits per heavy atom. The van der Waals surface area contributed by atoms with Crippen LogP contribution in [-0.4, -0.2) is 47.9 Å². The first-order chi connectivity index (χ1) is 9.07. The molecule has 2 N–H and O–H groups in total. The minimum Gasteiger partial charge on any atom is -0.352 e. The van der Waals surface area contributed by atoms with Gasteiger partial charge >= 0.3 is 0 Å². The molecule has 2 aliphatic heterocycles. The number of nitrogens with one attached hydrogen (secondary N) is 2. The van der Waals surface area contributed by atoms with Gasteiger partial charge in [-0.25, -0.2) is 0 Å². The molecule has 2 atom stereocenters. The predicted molar refractivity (Wildman–Crippen MR) is 73.7 cm³/mol. The van der Waals surface area contributed by atoms with E-state index in [1.54, 1.807) is 0 Å². The predicted octanol–water partition coefficient (Wildman–Crippen LogP) is 0.646. The first-order valence-electron chi connectivity index (χ1n) is 7.39. The summed E-state index contributed by atoms with van der Waals surface area (Å²) in [4.78, 5) is 25.8. The zero-order valence-corrected chi connectivity index (χ0v) is 12.0. The second kappa shape index (κ2) is 5.90. The third kappa shape index (κ3) is 3.08. The Morgan fingerprint density at radius 1 is 1.42 bits per heavy atom. The average molecular weight is 267 g/mol. The molecule has 0 radical (unpaired) electrons. The first kappa shape index (κ1) is 14.3. The van der Waals surface area contributed by atoms with E-state index in [1.165, 1.54) is 6.92 Å². The Morgan fingerprint density at radius 2 is 2.21 bits per heavy atom. The molecule has 2 rings (SSSR count). The van der Waals surface area contributed by atoms with Gasteiger partial charge in [-0.3, -0.25) is 9.59 Å². The molecule has 2 heterocycles. The molecular formula is C14H25N3O2. The summed E-state index contributed by atoms with van der Waals surface area (Å²) >= 11 is 0. The van der Waals surface area contributed by atoms with Crippen LogP contribution in [0.25, 0.3) is 0 Å². The molecule has 0 aromatic carbocycles. The van der Waals surface area contributed by atoms with Crippen molar-refractivity contribution >= 4 is 11.8 Å². The Balaban J connectivity index is 2.00.